The van der Waals surface area contributed by atoms with Crippen molar-refractivity contribution in [3.63, 3.8) is 0 Å². The van der Waals surface area contributed by atoms with Gasteiger partial charge in [0.1, 0.15) is 0 Å². The quantitative estimate of drug-likeness (QED) is 0.200. The van der Waals surface area contributed by atoms with E-state index in [1.54, 1.807) is 0 Å². The molecule has 0 saturated carbocycles. The molecule has 3 heteroatoms. The van der Waals surface area contributed by atoms with Crippen LogP contribution in [-0.4, -0.2) is 9.55 Å². The molecular weight excluding hydrogens is 571 g/mol. The number of hydrogen-bond donors (Lipinski definition) is 0. The fourth-order valence-electron chi connectivity index (χ4n) is 7.48. The van der Waals surface area contributed by atoms with Gasteiger partial charge in [-0.2, -0.15) is 0 Å². The van der Waals surface area contributed by atoms with Crippen LogP contribution >= 0.6 is 0 Å². The van der Waals surface area contributed by atoms with E-state index in [0.717, 1.165) is 16.9 Å². The Morgan fingerprint density at radius 2 is 1.13 bits per heavy atom. The van der Waals surface area contributed by atoms with Gasteiger partial charge < -0.3 is 9.47 Å². The molecule has 0 fully saturated rings. The predicted molar refractivity (Wildman–Crippen MR) is 196 cm³/mol. The van der Waals surface area contributed by atoms with Gasteiger partial charge in [-0.1, -0.05) is 98.8 Å². The molecule has 0 aliphatic carbocycles. The van der Waals surface area contributed by atoms with E-state index in [1.165, 1.54) is 61.1 Å². The molecule has 0 amide bonds. The number of hydrogen-bond acceptors (Lipinski definition) is 2. The Hall–Kier alpha value is -5.93. The summed E-state index contributed by atoms with van der Waals surface area (Å²) < 4.78 is 2.37. The van der Waals surface area contributed by atoms with Gasteiger partial charge in [0.15, 0.2) is 0 Å². The number of benzene rings is 6. The van der Waals surface area contributed by atoms with E-state index in [2.05, 4.69) is 174 Å². The maximum atomic E-state index is 4.56. The van der Waals surface area contributed by atoms with Gasteiger partial charge >= 0.3 is 0 Å². The summed E-state index contributed by atoms with van der Waals surface area (Å²) in [5, 5.41) is 2.53. The summed E-state index contributed by atoms with van der Waals surface area (Å²) in [6.45, 7) is 4.71. The van der Waals surface area contributed by atoms with Crippen molar-refractivity contribution in [2.45, 2.75) is 19.3 Å². The second-order valence-electron chi connectivity index (χ2n) is 12.9. The molecule has 3 heterocycles. The van der Waals surface area contributed by atoms with Crippen molar-refractivity contribution in [1.82, 2.24) is 9.55 Å². The van der Waals surface area contributed by atoms with E-state index in [9.17, 15) is 0 Å². The molecule has 0 N–H and O–H groups in total. The molecule has 1 aliphatic heterocycles. The Balaban J connectivity index is 1.19. The highest BCUT2D eigenvalue weighted by Crippen LogP contribution is 2.52. The summed E-state index contributed by atoms with van der Waals surface area (Å²) in [5.41, 5.74) is 14.2. The molecule has 0 unspecified atom stereocenters. The summed E-state index contributed by atoms with van der Waals surface area (Å²) in [5.74, 6) is 0. The van der Waals surface area contributed by atoms with Crippen LogP contribution in [0.3, 0.4) is 0 Å². The third-order valence-corrected chi connectivity index (χ3v) is 9.84. The number of pyridine rings is 1. The van der Waals surface area contributed by atoms with Crippen LogP contribution in [0, 0.1) is 0 Å². The number of rotatable bonds is 4. The molecule has 0 spiro atoms. The largest absolute Gasteiger partial charge is 0.310 e. The molecule has 0 bridgehead atoms. The molecule has 0 radical (unpaired) electrons. The molecule has 2 aromatic heterocycles. The van der Waals surface area contributed by atoms with E-state index in [1.807, 2.05) is 18.3 Å². The smallest absolute Gasteiger partial charge is 0.0701 e. The summed E-state index contributed by atoms with van der Waals surface area (Å²) >= 11 is 0. The van der Waals surface area contributed by atoms with Crippen LogP contribution in [0.4, 0.5) is 17.1 Å². The minimum absolute atomic E-state index is 0.181. The number of fused-ring (bicyclic) bond motifs is 5. The van der Waals surface area contributed by atoms with Crippen LogP contribution in [-0.2, 0) is 5.41 Å². The van der Waals surface area contributed by atoms with E-state index in [-0.39, 0.29) is 5.41 Å². The normalized spacial score (nSPS) is 13.4. The first kappa shape index (κ1) is 27.4. The van der Waals surface area contributed by atoms with Crippen molar-refractivity contribution < 1.29 is 0 Å². The van der Waals surface area contributed by atoms with E-state index < -0.39 is 0 Å². The van der Waals surface area contributed by atoms with Gasteiger partial charge in [0.25, 0.3) is 0 Å². The Morgan fingerprint density at radius 1 is 0.468 bits per heavy atom. The van der Waals surface area contributed by atoms with Gasteiger partial charge in [-0.05, 0) is 95.1 Å². The van der Waals surface area contributed by atoms with Crippen LogP contribution in [0.5, 0.6) is 0 Å². The van der Waals surface area contributed by atoms with Gasteiger partial charge in [-0.25, -0.2) is 0 Å². The first-order valence-electron chi connectivity index (χ1n) is 16.2. The zero-order valence-corrected chi connectivity index (χ0v) is 26.4. The average Bonchev–Trinajstić information content (AvgIpc) is 3.46. The van der Waals surface area contributed by atoms with Crippen molar-refractivity contribution in [2.24, 2.45) is 0 Å². The SMILES string of the molecule is CC1(C)c2ccccc2N(c2ccc(-c3ccccn3)cc2)c2ccc(-c3ccc4c(c3)c3ccccc3n4-c3ccccc3)cc21. The van der Waals surface area contributed by atoms with Crippen molar-refractivity contribution in [2.75, 3.05) is 4.90 Å². The Kier molecular flexibility index (Phi) is 6.16. The Morgan fingerprint density at radius 3 is 1.96 bits per heavy atom. The van der Waals surface area contributed by atoms with Crippen molar-refractivity contribution in [3.8, 4) is 28.1 Å². The highest BCUT2D eigenvalue weighted by atomic mass is 15.2. The molecule has 0 atom stereocenters. The van der Waals surface area contributed by atoms with E-state index >= 15 is 0 Å². The molecular formula is C44H33N3. The second kappa shape index (κ2) is 10.6. The molecule has 9 rings (SSSR count). The highest BCUT2D eigenvalue weighted by molar-refractivity contribution is 6.10. The van der Waals surface area contributed by atoms with Crippen LogP contribution < -0.4 is 4.90 Å². The van der Waals surface area contributed by atoms with Crippen molar-refractivity contribution >= 4 is 38.9 Å². The van der Waals surface area contributed by atoms with Gasteiger partial charge in [-0.3, -0.25) is 4.98 Å². The first-order valence-corrected chi connectivity index (χ1v) is 16.2. The van der Waals surface area contributed by atoms with Crippen LogP contribution in [0.15, 0.2) is 164 Å². The minimum Gasteiger partial charge on any atom is -0.310 e. The Labute approximate surface area is 275 Å². The lowest BCUT2D eigenvalue weighted by Gasteiger charge is -2.42. The summed E-state index contributed by atoms with van der Waals surface area (Å²) in [6.07, 6.45) is 1.85. The lowest BCUT2D eigenvalue weighted by atomic mass is 9.73. The molecule has 1 aliphatic rings. The topological polar surface area (TPSA) is 21.1 Å². The zero-order valence-electron chi connectivity index (χ0n) is 26.4. The fraction of sp³-hybridized carbons (Fsp3) is 0.0682. The number of anilines is 3. The second-order valence-corrected chi connectivity index (χ2v) is 12.9. The monoisotopic (exact) mass is 603 g/mol. The van der Waals surface area contributed by atoms with Crippen LogP contribution in [0.2, 0.25) is 0 Å². The van der Waals surface area contributed by atoms with E-state index in [4.69, 9.17) is 0 Å². The summed E-state index contributed by atoms with van der Waals surface area (Å²) in [6, 6.07) is 57.0. The highest BCUT2D eigenvalue weighted by Gasteiger charge is 2.37. The minimum atomic E-state index is -0.181. The molecule has 3 nitrogen and oxygen atoms in total. The maximum Gasteiger partial charge on any atom is 0.0701 e. The lowest BCUT2D eigenvalue weighted by molar-refractivity contribution is 0.632. The molecule has 8 aromatic rings. The molecule has 0 saturated heterocycles. The third kappa shape index (κ3) is 4.31. The van der Waals surface area contributed by atoms with Gasteiger partial charge in [0.2, 0.25) is 0 Å². The number of nitrogens with zero attached hydrogens (tertiary/aromatic N) is 3. The average molecular weight is 604 g/mol. The van der Waals surface area contributed by atoms with Gasteiger partial charge in [0.05, 0.1) is 28.1 Å². The van der Waals surface area contributed by atoms with Crippen molar-refractivity contribution in [3.05, 3.63) is 175 Å². The molecule has 6 aromatic carbocycles. The lowest BCUT2D eigenvalue weighted by Crippen LogP contribution is -2.30. The van der Waals surface area contributed by atoms with Crippen molar-refractivity contribution in [1.29, 1.82) is 0 Å². The fourth-order valence-corrected chi connectivity index (χ4v) is 7.48. The predicted octanol–water partition coefficient (Wildman–Crippen LogP) is 11.6. The summed E-state index contributed by atoms with van der Waals surface area (Å²) in [4.78, 5) is 6.97. The number of aromatic nitrogens is 2. The van der Waals surface area contributed by atoms with Gasteiger partial charge in [0, 0.05) is 39.3 Å². The van der Waals surface area contributed by atoms with Crippen LogP contribution in [0.1, 0.15) is 25.0 Å². The number of para-hydroxylation sites is 3. The zero-order chi connectivity index (χ0) is 31.5. The van der Waals surface area contributed by atoms with E-state index in [0.29, 0.717) is 0 Å². The third-order valence-electron chi connectivity index (χ3n) is 9.84. The maximum absolute atomic E-state index is 4.56. The first-order chi connectivity index (χ1) is 23.1. The van der Waals surface area contributed by atoms with Crippen LogP contribution in [0.25, 0.3) is 49.9 Å². The summed E-state index contributed by atoms with van der Waals surface area (Å²) in [7, 11) is 0. The molecule has 47 heavy (non-hydrogen) atoms. The Bertz CT molecular complexity index is 2420. The molecule has 224 valence electrons. The standard InChI is InChI=1S/C44H33N3/c1-44(2)37-15-7-9-18-42(37)47(34-23-19-30(20-24-34)39-16-10-11-27-45-39)43-26-22-32(29-38(43)44)31-21-25-41-36(28-31)35-14-6-8-17-40(35)46(41)33-12-4-3-5-13-33/h3-29H,1-2H3. The van der Waals surface area contributed by atoms with Gasteiger partial charge in [-0.15, -0.1) is 0 Å².